The molecule has 0 aliphatic heterocycles. The molecule has 0 unspecified atom stereocenters. The van der Waals surface area contributed by atoms with Gasteiger partial charge in [-0.3, -0.25) is 4.79 Å². The van der Waals surface area contributed by atoms with Crippen LogP contribution in [0, 0.1) is 0 Å². The molecule has 0 rings (SSSR count). The minimum atomic E-state index is -0.725. The molecule has 0 spiro atoms. The van der Waals surface area contributed by atoms with Crippen molar-refractivity contribution in [2.45, 2.75) is 24.1 Å². The number of esters is 1. The Morgan fingerprint density at radius 2 is 2.10 bits per heavy atom. The van der Waals surface area contributed by atoms with Gasteiger partial charge in [-0.25, -0.2) is 0 Å². The molecule has 0 aromatic rings. The molecule has 10 heavy (non-hydrogen) atoms. The zero-order chi connectivity index (χ0) is 8.15. The molecule has 4 heteroatoms. The highest BCUT2D eigenvalue weighted by atomic mass is 35.5. The number of ether oxygens (including phenoxy) is 1. The minimum absolute atomic E-state index is 0.339. The number of hydrogen-bond donors (Lipinski definition) is 0. The van der Waals surface area contributed by atoms with E-state index in [1.54, 1.807) is 0 Å². The van der Waals surface area contributed by atoms with Crippen molar-refractivity contribution in [3.05, 3.63) is 0 Å². The summed E-state index contributed by atoms with van der Waals surface area (Å²) >= 11 is 11.2. The smallest absolute Gasteiger partial charge is 0.325 e. The van der Waals surface area contributed by atoms with Crippen LogP contribution in [0.15, 0.2) is 0 Å². The summed E-state index contributed by atoms with van der Waals surface area (Å²) < 4.78 is 4.38. The van der Waals surface area contributed by atoms with Crippen LogP contribution in [0.4, 0.5) is 0 Å². The number of rotatable bonds is 3. The van der Waals surface area contributed by atoms with E-state index < -0.39 is 11.3 Å². The molecule has 0 saturated heterocycles. The normalized spacial score (nSPS) is 16.0. The molecule has 0 N–H and O–H groups in total. The maximum absolute atomic E-state index is 10.7. The largest absolute Gasteiger partial charge is 0.468 e. The molecule has 0 aliphatic carbocycles. The van der Waals surface area contributed by atoms with Crippen molar-refractivity contribution in [1.29, 1.82) is 0 Å². The van der Waals surface area contributed by atoms with Crippen molar-refractivity contribution in [3.8, 4) is 0 Å². The molecular weight excluding hydrogens is 175 g/mol. The third-order valence-corrected chi connectivity index (χ3v) is 2.31. The quantitative estimate of drug-likeness (QED) is 0.494. The second-order valence-corrected chi connectivity index (χ2v) is 2.88. The molecule has 0 bridgehead atoms. The lowest BCUT2D eigenvalue weighted by Gasteiger charge is -2.10. The summed E-state index contributed by atoms with van der Waals surface area (Å²) in [6.45, 7) is 1.86. The number of alkyl halides is 2. The van der Waals surface area contributed by atoms with E-state index in [2.05, 4.69) is 4.74 Å². The lowest BCUT2D eigenvalue weighted by Crippen LogP contribution is -2.25. The number of carbonyl (C=O) groups is 1. The standard InChI is InChI=1S/C6H10Cl2O2/c1-3-4(7)5(8)6(9)10-2/h4-5H,3H2,1-2H3/t4-,5-/m0/s1. The third kappa shape index (κ3) is 2.76. The Hall–Kier alpha value is 0.0500. The first-order valence-electron chi connectivity index (χ1n) is 2.99. The Morgan fingerprint density at radius 3 is 2.40 bits per heavy atom. The third-order valence-electron chi connectivity index (χ3n) is 1.13. The Labute approximate surface area is 70.4 Å². The van der Waals surface area contributed by atoms with Gasteiger partial charge >= 0.3 is 5.97 Å². The first kappa shape index (κ1) is 10.0. The van der Waals surface area contributed by atoms with Crippen molar-refractivity contribution in [1.82, 2.24) is 0 Å². The zero-order valence-corrected chi connectivity index (χ0v) is 7.45. The van der Waals surface area contributed by atoms with Gasteiger partial charge in [-0.05, 0) is 6.42 Å². The summed E-state index contributed by atoms with van der Waals surface area (Å²) in [6.07, 6.45) is 0.658. The van der Waals surface area contributed by atoms with Crippen molar-refractivity contribution in [2.24, 2.45) is 0 Å². The molecule has 2 atom stereocenters. The highest BCUT2D eigenvalue weighted by molar-refractivity contribution is 6.36. The van der Waals surface area contributed by atoms with E-state index in [-0.39, 0.29) is 5.38 Å². The van der Waals surface area contributed by atoms with Crippen LogP contribution in [0.5, 0.6) is 0 Å². The number of hydrogen-bond acceptors (Lipinski definition) is 2. The van der Waals surface area contributed by atoms with E-state index in [0.717, 1.165) is 0 Å². The van der Waals surface area contributed by atoms with Crippen LogP contribution in [0.1, 0.15) is 13.3 Å². The molecule has 0 fully saturated rings. The summed E-state index contributed by atoms with van der Waals surface area (Å²) in [7, 11) is 1.29. The highest BCUT2D eigenvalue weighted by Gasteiger charge is 2.23. The van der Waals surface area contributed by atoms with Crippen LogP contribution in [0.2, 0.25) is 0 Å². The number of methoxy groups -OCH3 is 1. The highest BCUT2D eigenvalue weighted by Crippen LogP contribution is 2.14. The monoisotopic (exact) mass is 184 g/mol. The zero-order valence-electron chi connectivity index (χ0n) is 5.93. The fourth-order valence-electron chi connectivity index (χ4n) is 0.467. The summed E-state index contributed by atoms with van der Waals surface area (Å²) in [5.41, 5.74) is 0. The molecule has 0 aliphatic rings. The predicted molar refractivity (Wildman–Crippen MR) is 41.6 cm³/mol. The molecule has 0 amide bonds. The lowest BCUT2D eigenvalue weighted by atomic mass is 10.2. The van der Waals surface area contributed by atoms with E-state index in [1.165, 1.54) is 7.11 Å². The minimum Gasteiger partial charge on any atom is -0.468 e. The second-order valence-electron chi connectivity index (χ2n) is 1.85. The van der Waals surface area contributed by atoms with E-state index in [1.807, 2.05) is 6.92 Å². The van der Waals surface area contributed by atoms with Crippen LogP contribution in [0.3, 0.4) is 0 Å². The van der Waals surface area contributed by atoms with Crippen molar-refractivity contribution in [3.63, 3.8) is 0 Å². The maximum atomic E-state index is 10.7. The average molecular weight is 185 g/mol. The van der Waals surface area contributed by atoms with Gasteiger partial charge in [0, 0.05) is 0 Å². The Morgan fingerprint density at radius 1 is 1.60 bits per heavy atom. The van der Waals surface area contributed by atoms with Gasteiger partial charge in [0.25, 0.3) is 0 Å². The van der Waals surface area contributed by atoms with E-state index in [4.69, 9.17) is 23.2 Å². The number of halogens is 2. The van der Waals surface area contributed by atoms with Gasteiger partial charge in [0.15, 0.2) is 0 Å². The van der Waals surface area contributed by atoms with Gasteiger partial charge in [0.05, 0.1) is 12.5 Å². The SMILES string of the molecule is CC[C@H](Cl)[C@H](Cl)C(=O)OC. The van der Waals surface area contributed by atoms with Crippen molar-refractivity contribution < 1.29 is 9.53 Å². The van der Waals surface area contributed by atoms with E-state index >= 15 is 0 Å². The number of carbonyl (C=O) groups excluding carboxylic acids is 1. The fourth-order valence-corrected chi connectivity index (χ4v) is 0.837. The summed E-state index contributed by atoms with van der Waals surface area (Å²) in [4.78, 5) is 10.7. The van der Waals surface area contributed by atoms with E-state index in [0.29, 0.717) is 6.42 Å². The molecule has 0 heterocycles. The summed E-state index contributed by atoms with van der Waals surface area (Å²) in [6, 6.07) is 0. The van der Waals surface area contributed by atoms with Gasteiger partial charge in [0.2, 0.25) is 0 Å². The van der Waals surface area contributed by atoms with Gasteiger partial charge in [-0.1, -0.05) is 6.92 Å². The van der Waals surface area contributed by atoms with E-state index in [9.17, 15) is 4.79 Å². The molecule has 0 aromatic heterocycles. The molecule has 0 radical (unpaired) electrons. The first-order chi connectivity index (χ1) is 4.63. The molecule has 0 saturated carbocycles. The van der Waals surface area contributed by atoms with Gasteiger partial charge in [-0.2, -0.15) is 0 Å². The van der Waals surface area contributed by atoms with Crippen LogP contribution in [0.25, 0.3) is 0 Å². The van der Waals surface area contributed by atoms with Crippen LogP contribution < -0.4 is 0 Å². The van der Waals surface area contributed by atoms with Crippen molar-refractivity contribution >= 4 is 29.2 Å². The molecule has 0 aromatic carbocycles. The van der Waals surface area contributed by atoms with Gasteiger partial charge < -0.3 is 4.74 Å². The lowest BCUT2D eigenvalue weighted by molar-refractivity contribution is -0.140. The van der Waals surface area contributed by atoms with Crippen LogP contribution in [-0.2, 0) is 9.53 Å². The molecular formula is C6H10Cl2O2. The Balaban J connectivity index is 3.81. The maximum Gasteiger partial charge on any atom is 0.325 e. The summed E-state index contributed by atoms with van der Waals surface area (Å²) in [5, 5.41) is -1.06. The van der Waals surface area contributed by atoms with Gasteiger partial charge in [0.1, 0.15) is 5.38 Å². The van der Waals surface area contributed by atoms with Crippen LogP contribution in [-0.4, -0.2) is 23.8 Å². The predicted octanol–water partition coefficient (Wildman–Crippen LogP) is 1.78. The second kappa shape index (κ2) is 4.80. The molecule has 2 nitrogen and oxygen atoms in total. The Kier molecular flexibility index (Phi) is 4.83. The topological polar surface area (TPSA) is 26.3 Å². The van der Waals surface area contributed by atoms with Crippen LogP contribution >= 0.6 is 23.2 Å². The molecule has 60 valence electrons. The first-order valence-corrected chi connectivity index (χ1v) is 3.86. The van der Waals surface area contributed by atoms with Crippen molar-refractivity contribution in [2.75, 3.05) is 7.11 Å². The van der Waals surface area contributed by atoms with Gasteiger partial charge in [-0.15, -0.1) is 23.2 Å². The summed E-state index contributed by atoms with van der Waals surface area (Å²) in [5.74, 6) is -0.469. The average Bonchev–Trinajstić information content (AvgIpc) is 2.00. The Bertz CT molecular complexity index is 116. The fraction of sp³-hybridized carbons (Fsp3) is 0.833.